The predicted molar refractivity (Wildman–Crippen MR) is 103 cm³/mol. The van der Waals surface area contributed by atoms with Crippen LogP contribution in [0.4, 0.5) is 5.69 Å². The lowest BCUT2D eigenvalue weighted by molar-refractivity contribution is 0.0548. The van der Waals surface area contributed by atoms with Crippen LogP contribution >= 0.6 is 0 Å². The van der Waals surface area contributed by atoms with E-state index in [9.17, 15) is 9.59 Å². The minimum atomic E-state index is -0.347. The molecule has 4 rings (SSSR count). The van der Waals surface area contributed by atoms with E-state index in [0.717, 1.165) is 32.2 Å². The van der Waals surface area contributed by atoms with Gasteiger partial charge in [0, 0.05) is 37.9 Å². The standard InChI is InChI=1S/C20H24N4O4/c1-23-12-16(19(22-23)27-2)18(25)21-13-6-7-17-15(11-13)20(26)24-9-4-3-5-14(24)8-10-28-17/h6-7,11-12,14H,3-5,8-10H2,1-2H3,(H,21,25)/t14-/m0/s1. The molecule has 1 atom stereocenters. The molecule has 0 aliphatic carbocycles. The Morgan fingerprint density at radius 1 is 1.32 bits per heavy atom. The topological polar surface area (TPSA) is 85.7 Å². The number of aromatic nitrogens is 2. The monoisotopic (exact) mass is 384 g/mol. The number of nitrogens with one attached hydrogen (secondary N) is 1. The van der Waals surface area contributed by atoms with Gasteiger partial charge in [-0.1, -0.05) is 0 Å². The maximum Gasteiger partial charge on any atom is 0.262 e. The number of benzene rings is 1. The quantitative estimate of drug-likeness (QED) is 0.879. The summed E-state index contributed by atoms with van der Waals surface area (Å²) in [6.07, 6.45) is 5.63. The summed E-state index contributed by atoms with van der Waals surface area (Å²) in [5.41, 5.74) is 1.35. The molecule has 8 heteroatoms. The van der Waals surface area contributed by atoms with Gasteiger partial charge in [-0.05, 0) is 37.5 Å². The van der Waals surface area contributed by atoms with E-state index in [4.69, 9.17) is 9.47 Å². The third-order valence-electron chi connectivity index (χ3n) is 5.30. The lowest BCUT2D eigenvalue weighted by Crippen LogP contribution is -2.45. The highest BCUT2D eigenvalue weighted by atomic mass is 16.5. The van der Waals surface area contributed by atoms with E-state index in [1.54, 1.807) is 31.4 Å². The normalized spacial score (nSPS) is 19.0. The number of methoxy groups -OCH3 is 1. The molecule has 0 bridgehead atoms. The highest BCUT2D eigenvalue weighted by molar-refractivity contribution is 6.06. The van der Waals surface area contributed by atoms with Crippen molar-refractivity contribution in [2.45, 2.75) is 31.7 Å². The molecule has 3 heterocycles. The molecule has 0 unspecified atom stereocenters. The molecular weight excluding hydrogens is 360 g/mol. The van der Waals surface area contributed by atoms with Gasteiger partial charge in [-0.3, -0.25) is 14.3 Å². The van der Waals surface area contributed by atoms with Crippen LogP contribution in [0.1, 0.15) is 46.4 Å². The van der Waals surface area contributed by atoms with Crippen molar-refractivity contribution in [2.24, 2.45) is 7.05 Å². The number of hydrogen-bond acceptors (Lipinski definition) is 5. The number of rotatable bonds is 3. The van der Waals surface area contributed by atoms with Crippen LogP contribution in [0.2, 0.25) is 0 Å². The van der Waals surface area contributed by atoms with Crippen molar-refractivity contribution in [1.82, 2.24) is 14.7 Å². The second kappa shape index (κ2) is 7.53. The lowest BCUT2D eigenvalue weighted by Gasteiger charge is -2.37. The summed E-state index contributed by atoms with van der Waals surface area (Å²) >= 11 is 0. The van der Waals surface area contributed by atoms with Gasteiger partial charge in [-0.2, -0.15) is 0 Å². The Kier molecular flexibility index (Phi) is 4.93. The maximum atomic E-state index is 13.1. The summed E-state index contributed by atoms with van der Waals surface area (Å²) in [5, 5.41) is 6.92. The average molecular weight is 384 g/mol. The van der Waals surface area contributed by atoms with Crippen molar-refractivity contribution in [2.75, 3.05) is 25.6 Å². The van der Waals surface area contributed by atoms with E-state index in [1.165, 1.54) is 11.8 Å². The van der Waals surface area contributed by atoms with Gasteiger partial charge in [0.15, 0.2) is 0 Å². The molecule has 1 fully saturated rings. The van der Waals surface area contributed by atoms with Crippen molar-refractivity contribution in [1.29, 1.82) is 0 Å². The van der Waals surface area contributed by atoms with Crippen molar-refractivity contribution < 1.29 is 19.1 Å². The summed E-state index contributed by atoms with van der Waals surface area (Å²) in [6, 6.07) is 5.40. The fourth-order valence-corrected chi connectivity index (χ4v) is 3.90. The molecular formula is C20H24N4O4. The Hall–Kier alpha value is -3.03. The van der Waals surface area contributed by atoms with Gasteiger partial charge < -0.3 is 19.7 Å². The Balaban J connectivity index is 1.60. The molecule has 2 amide bonds. The number of ether oxygens (including phenoxy) is 2. The molecule has 1 saturated heterocycles. The van der Waals surface area contributed by atoms with E-state index in [0.29, 0.717) is 29.2 Å². The zero-order valence-corrected chi connectivity index (χ0v) is 16.1. The van der Waals surface area contributed by atoms with Crippen LogP contribution in [-0.2, 0) is 7.05 Å². The number of hydrogen-bond donors (Lipinski definition) is 1. The highest BCUT2D eigenvalue weighted by Gasteiger charge is 2.31. The first-order valence-corrected chi connectivity index (χ1v) is 9.53. The Morgan fingerprint density at radius 2 is 2.18 bits per heavy atom. The van der Waals surface area contributed by atoms with Crippen LogP contribution in [0, 0.1) is 0 Å². The Morgan fingerprint density at radius 3 is 3.00 bits per heavy atom. The van der Waals surface area contributed by atoms with Crippen molar-refractivity contribution in [3.63, 3.8) is 0 Å². The molecule has 28 heavy (non-hydrogen) atoms. The number of nitrogens with zero attached hydrogens (tertiary/aromatic N) is 3. The molecule has 148 valence electrons. The third kappa shape index (κ3) is 3.42. The SMILES string of the molecule is COc1nn(C)cc1C(=O)Nc1ccc2c(c1)C(=O)N1CCCC[C@H]1CCO2. The van der Waals surface area contributed by atoms with Gasteiger partial charge in [0.25, 0.3) is 11.8 Å². The van der Waals surface area contributed by atoms with Crippen LogP contribution in [0.25, 0.3) is 0 Å². The number of carbonyl (C=O) groups excluding carboxylic acids is 2. The molecule has 2 aliphatic heterocycles. The number of piperidine rings is 1. The Bertz CT molecular complexity index is 908. The average Bonchev–Trinajstić information content (AvgIpc) is 3.08. The van der Waals surface area contributed by atoms with Gasteiger partial charge >= 0.3 is 0 Å². The number of aryl methyl sites for hydroxylation is 1. The second-order valence-corrected chi connectivity index (χ2v) is 7.18. The number of carbonyl (C=O) groups is 2. The zero-order valence-electron chi connectivity index (χ0n) is 16.1. The first kappa shape index (κ1) is 18.3. The van der Waals surface area contributed by atoms with Gasteiger partial charge in [-0.15, -0.1) is 5.10 Å². The minimum Gasteiger partial charge on any atom is -0.493 e. The van der Waals surface area contributed by atoms with Crippen LogP contribution in [0.15, 0.2) is 24.4 Å². The number of anilines is 1. The third-order valence-corrected chi connectivity index (χ3v) is 5.30. The van der Waals surface area contributed by atoms with Crippen LogP contribution in [0.3, 0.4) is 0 Å². The highest BCUT2D eigenvalue weighted by Crippen LogP contribution is 2.31. The lowest BCUT2D eigenvalue weighted by atomic mass is 9.97. The summed E-state index contributed by atoms with van der Waals surface area (Å²) in [4.78, 5) is 27.7. The fraction of sp³-hybridized carbons (Fsp3) is 0.450. The summed E-state index contributed by atoms with van der Waals surface area (Å²) < 4.78 is 12.5. The maximum absolute atomic E-state index is 13.1. The summed E-state index contributed by atoms with van der Waals surface area (Å²) in [5.74, 6) is 0.433. The van der Waals surface area contributed by atoms with Crippen molar-refractivity contribution in [3.05, 3.63) is 35.5 Å². The second-order valence-electron chi connectivity index (χ2n) is 7.18. The molecule has 0 spiro atoms. The van der Waals surface area contributed by atoms with E-state index in [2.05, 4.69) is 10.4 Å². The molecule has 2 aromatic rings. The smallest absolute Gasteiger partial charge is 0.262 e. The van der Waals surface area contributed by atoms with E-state index in [1.807, 2.05) is 4.90 Å². The fourth-order valence-electron chi connectivity index (χ4n) is 3.90. The molecule has 8 nitrogen and oxygen atoms in total. The van der Waals surface area contributed by atoms with E-state index < -0.39 is 0 Å². The predicted octanol–water partition coefficient (Wildman–Crippen LogP) is 2.46. The van der Waals surface area contributed by atoms with E-state index in [-0.39, 0.29) is 23.7 Å². The molecule has 1 aromatic heterocycles. The first-order valence-electron chi connectivity index (χ1n) is 9.53. The molecule has 2 aliphatic rings. The molecule has 1 aromatic carbocycles. The largest absolute Gasteiger partial charge is 0.493 e. The molecule has 0 radical (unpaired) electrons. The van der Waals surface area contributed by atoms with Crippen molar-refractivity contribution >= 4 is 17.5 Å². The minimum absolute atomic E-state index is 0.0329. The molecule has 0 saturated carbocycles. The van der Waals surface area contributed by atoms with Gasteiger partial charge in [0.05, 0.1) is 19.3 Å². The first-order chi connectivity index (χ1) is 13.6. The van der Waals surface area contributed by atoms with Crippen LogP contribution in [0.5, 0.6) is 11.6 Å². The number of fused-ring (bicyclic) bond motifs is 2. The van der Waals surface area contributed by atoms with E-state index >= 15 is 0 Å². The summed E-state index contributed by atoms with van der Waals surface area (Å²) in [6.45, 7) is 1.35. The zero-order chi connectivity index (χ0) is 19.7. The van der Waals surface area contributed by atoms with Crippen LogP contribution in [-0.4, -0.2) is 52.8 Å². The number of amides is 2. The Labute approximate surface area is 163 Å². The van der Waals surface area contributed by atoms with Crippen LogP contribution < -0.4 is 14.8 Å². The van der Waals surface area contributed by atoms with Gasteiger partial charge in [-0.25, -0.2) is 0 Å². The molecule has 1 N–H and O–H groups in total. The van der Waals surface area contributed by atoms with Crippen molar-refractivity contribution in [3.8, 4) is 11.6 Å². The van der Waals surface area contributed by atoms with Gasteiger partial charge in [0.1, 0.15) is 11.3 Å². The van der Waals surface area contributed by atoms with Gasteiger partial charge in [0.2, 0.25) is 5.88 Å². The summed E-state index contributed by atoms with van der Waals surface area (Å²) in [7, 11) is 3.19.